The summed E-state index contributed by atoms with van der Waals surface area (Å²) in [6, 6.07) is 5.92. The Labute approximate surface area is 119 Å². The molecule has 1 saturated carbocycles. The van der Waals surface area contributed by atoms with E-state index in [1.165, 1.54) is 12.8 Å². The summed E-state index contributed by atoms with van der Waals surface area (Å²) >= 11 is 3.29. The standard InChI is InChI=1S/C13H14BrFN4/c1-19-12(13(14)17-18-19)10-5-2-8(6-11(10)15)7-16-9-3-4-9/h2,5-6,9,16H,3-4,7H2,1H3. The molecular weight excluding hydrogens is 311 g/mol. The van der Waals surface area contributed by atoms with E-state index >= 15 is 0 Å². The summed E-state index contributed by atoms with van der Waals surface area (Å²) in [4.78, 5) is 0. The second-order valence-corrected chi connectivity index (χ2v) is 5.57. The van der Waals surface area contributed by atoms with Gasteiger partial charge in [0.2, 0.25) is 0 Å². The summed E-state index contributed by atoms with van der Waals surface area (Å²) in [6.07, 6.45) is 2.46. The molecule has 100 valence electrons. The van der Waals surface area contributed by atoms with Gasteiger partial charge in [-0.15, -0.1) is 5.10 Å². The van der Waals surface area contributed by atoms with Crippen molar-refractivity contribution in [2.45, 2.75) is 25.4 Å². The predicted octanol–water partition coefficient (Wildman–Crippen LogP) is 2.64. The van der Waals surface area contributed by atoms with Crippen LogP contribution in [0.4, 0.5) is 4.39 Å². The van der Waals surface area contributed by atoms with E-state index in [0.29, 0.717) is 28.4 Å². The first kappa shape index (κ1) is 12.7. The lowest BCUT2D eigenvalue weighted by molar-refractivity contribution is 0.619. The van der Waals surface area contributed by atoms with Gasteiger partial charge in [0.05, 0.1) is 0 Å². The molecule has 1 aliphatic rings. The van der Waals surface area contributed by atoms with E-state index < -0.39 is 0 Å². The van der Waals surface area contributed by atoms with Crippen molar-refractivity contribution >= 4 is 15.9 Å². The lowest BCUT2D eigenvalue weighted by atomic mass is 10.1. The first-order valence-corrected chi connectivity index (χ1v) is 7.02. The molecule has 3 rings (SSSR count). The second-order valence-electron chi connectivity index (χ2n) is 4.82. The van der Waals surface area contributed by atoms with Gasteiger partial charge >= 0.3 is 0 Å². The average Bonchev–Trinajstić information content (AvgIpc) is 3.15. The van der Waals surface area contributed by atoms with Gasteiger partial charge in [0, 0.05) is 25.2 Å². The summed E-state index contributed by atoms with van der Waals surface area (Å²) in [5.41, 5.74) is 2.12. The van der Waals surface area contributed by atoms with E-state index in [4.69, 9.17) is 0 Å². The van der Waals surface area contributed by atoms with Gasteiger partial charge in [-0.2, -0.15) is 0 Å². The molecule has 0 spiro atoms. The fourth-order valence-corrected chi connectivity index (χ4v) is 2.57. The van der Waals surface area contributed by atoms with E-state index in [0.717, 1.165) is 5.56 Å². The van der Waals surface area contributed by atoms with Crippen LogP contribution in [0.1, 0.15) is 18.4 Å². The highest BCUT2D eigenvalue weighted by Gasteiger charge is 2.20. The number of benzene rings is 1. The van der Waals surface area contributed by atoms with Crippen LogP contribution >= 0.6 is 15.9 Å². The summed E-state index contributed by atoms with van der Waals surface area (Å²) < 4.78 is 16.3. The summed E-state index contributed by atoms with van der Waals surface area (Å²) in [7, 11) is 1.75. The SMILES string of the molecule is Cn1nnc(Br)c1-c1ccc(CNC2CC2)cc1F. The fraction of sp³-hybridized carbons (Fsp3) is 0.385. The number of halogens is 2. The average molecular weight is 325 g/mol. The third-order valence-corrected chi connectivity index (χ3v) is 3.78. The number of nitrogens with zero attached hydrogens (tertiary/aromatic N) is 3. The van der Waals surface area contributed by atoms with E-state index in [1.807, 2.05) is 6.07 Å². The Morgan fingerprint density at radius 1 is 1.47 bits per heavy atom. The second kappa shape index (κ2) is 5.02. The van der Waals surface area contributed by atoms with Crippen molar-refractivity contribution in [2.75, 3.05) is 0 Å². The molecule has 1 heterocycles. The van der Waals surface area contributed by atoms with E-state index in [1.54, 1.807) is 23.9 Å². The highest BCUT2D eigenvalue weighted by molar-refractivity contribution is 9.10. The minimum atomic E-state index is -0.249. The van der Waals surface area contributed by atoms with Gasteiger partial charge in [-0.25, -0.2) is 9.07 Å². The van der Waals surface area contributed by atoms with Gasteiger partial charge in [0.1, 0.15) is 11.5 Å². The topological polar surface area (TPSA) is 42.7 Å². The Bertz CT molecular complexity index is 587. The number of hydrogen-bond acceptors (Lipinski definition) is 3. The molecule has 0 saturated heterocycles. The lowest BCUT2D eigenvalue weighted by Gasteiger charge is -2.07. The van der Waals surface area contributed by atoms with Crippen LogP contribution in [0.2, 0.25) is 0 Å². The quantitative estimate of drug-likeness (QED) is 0.940. The van der Waals surface area contributed by atoms with Crippen LogP contribution in [0.5, 0.6) is 0 Å². The van der Waals surface area contributed by atoms with Crippen molar-refractivity contribution in [3.8, 4) is 11.3 Å². The molecular formula is C13H14BrFN4. The molecule has 1 N–H and O–H groups in total. The van der Waals surface area contributed by atoms with Gasteiger partial charge in [0.15, 0.2) is 4.60 Å². The Kier molecular flexibility index (Phi) is 3.36. The minimum Gasteiger partial charge on any atom is -0.310 e. The maximum atomic E-state index is 14.2. The van der Waals surface area contributed by atoms with E-state index in [9.17, 15) is 4.39 Å². The van der Waals surface area contributed by atoms with Gasteiger partial charge in [-0.3, -0.25) is 0 Å². The molecule has 0 radical (unpaired) electrons. The molecule has 0 bridgehead atoms. The van der Waals surface area contributed by atoms with Crippen LogP contribution in [0.15, 0.2) is 22.8 Å². The highest BCUT2D eigenvalue weighted by atomic mass is 79.9. The normalized spacial score (nSPS) is 14.9. The number of rotatable bonds is 4. The van der Waals surface area contributed by atoms with Gasteiger partial charge in [0.25, 0.3) is 0 Å². The van der Waals surface area contributed by atoms with Crippen molar-refractivity contribution in [1.82, 2.24) is 20.3 Å². The van der Waals surface area contributed by atoms with Crippen LogP contribution in [0.3, 0.4) is 0 Å². The largest absolute Gasteiger partial charge is 0.310 e. The Balaban J connectivity index is 1.86. The van der Waals surface area contributed by atoms with E-state index in [2.05, 4.69) is 31.6 Å². The first-order chi connectivity index (χ1) is 9.15. The zero-order valence-corrected chi connectivity index (χ0v) is 12.1. The Morgan fingerprint density at radius 2 is 2.26 bits per heavy atom. The molecule has 2 aromatic rings. The van der Waals surface area contributed by atoms with E-state index in [-0.39, 0.29) is 5.82 Å². The number of aromatic nitrogens is 3. The summed E-state index contributed by atoms with van der Waals surface area (Å²) in [5.74, 6) is -0.249. The monoisotopic (exact) mass is 324 g/mol. The van der Waals surface area contributed by atoms with Crippen LogP contribution in [0, 0.1) is 5.82 Å². The fourth-order valence-electron chi connectivity index (χ4n) is 2.03. The zero-order valence-electron chi connectivity index (χ0n) is 10.5. The third-order valence-electron chi connectivity index (χ3n) is 3.25. The number of hydrogen-bond donors (Lipinski definition) is 1. The molecule has 4 nitrogen and oxygen atoms in total. The molecule has 0 unspecified atom stereocenters. The van der Waals surface area contributed by atoms with Crippen LogP contribution in [-0.4, -0.2) is 21.0 Å². The van der Waals surface area contributed by atoms with Crippen molar-refractivity contribution in [3.63, 3.8) is 0 Å². The molecule has 1 aromatic heterocycles. The highest BCUT2D eigenvalue weighted by Crippen LogP contribution is 2.28. The molecule has 1 fully saturated rings. The van der Waals surface area contributed by atoms with Crippen LogP contribution < -0.4 is 5.32 Å². The van der Waals surface area contributed by atoms with Crippen molar-refractivity contribution in [3.05, 3.63) is 34.2 Å². The molecule has 6 heteroatoms. The molecule has 0 atom stereocenters. The van der Waals surface area contributed by atoms with Gasteiger partial charge < -0.3 is 5.32 Å². The number of aryl methyl sites for hydroxylation is 1. The summed E-state index contributed by atoms with van der Waals surface area (Å²) in [5, 5.41) is 11.1. The molecule has 0 amide bonds. The Hall–Kier alpha value is -1.27. The van der Waals surface area contributed by atoms with Crippen molar-refractivity contribution < 1.29 is 4.39 Å². The summed E-state index contributed by atoms with van der Waals surface area (Å²) in [6.45, 7) is 0.715. The van der Waals surface area contributed by atoms with Crippen molar-refractivity contribution in [2.24, 2.45) is 7.05 Å². The number of nitrogens with one attached hydrogen (secondary N) is 1. The maximum Gasteiger partial charge on any atom is 0.156 e. The zero-order chi connectivity index (χ0) is 13.4. The molecule has 0 aliphatic heterocycles. The minimum absolute atomic E-state index is 0.249. The Morgan fingerprint density at radius 3 is 2.84 bits per heavy atom. The lowest BCUT2D eigenvalue weighted by Crippen LogP contribution is -2.15. The maximum absolute atomic E-state index is 14.2. The third kappa shape index (κ3) is 2.69. The smallest absolute Gasteiger partial charge is 0.156 e. The molecule has 1 aromatic carbocycles. The van der Waals surface area contributed by atoms with Gasteiger partial charge in [-0.1, -0.05) is 11.3 Å². The van der Waals surface area contributed by atoms with Crippen LogP contribution in [0.25, 0.3) is 11.3 Å². The predicted molar refractivity (Wildman–Crippen MR) is 74.0 cm³/mol. The molecule has 19 heavy (non-hydrogen) atoms. The first-order valence-electron chi connectivity index (χ1n) is 6.22. The van der Waals surface area contributed by atoms with Gasteiger partial charge in [-0.05, 0) is 46.5 Å². The van der Waals surface area contributed by atoms with Crippen LogP contribution in [-0.2, 0) is 13.6 Å². The molecule has 1 aliphatic carbocycles. The van der Waals surface area contributed by atoms with Crippen molar-refractivity contribution in [1.29, 1.82) is 0 Å².